The Balaban J connectivity index is 2.07. The Bertz CT molecular complexity index is 531. The van der Waals surface area contributed by atoms with E-state index >= 15 is 0 Å². The molecular formula is C12H8Cl3NO. The normalized spacial score (nSPS) is 10.3. The summed E-state index contributed by atoms with van der Waals surface area (Å²) in [7, 11) is 0. The molecule has 0 fully saturated rings. The summed E-state index contributed by atoms with van der Waals surface area (Å²) in [5.41, 5.74) is 0.774. The van der Waals surface area contributed by atoms with Crippen molar-refractivity contribution in [2.24, 2.45) is 0 Å². The molecule has 0 radical (unpaired) electrons. The van der Waals surface area contributed by atoms with E-state index in [9.17, 15) is 0 Å². The van der Waals surface area contributed by atoms with Gasteiger partial charge in [-0.25, -0.2) is 4.98 Å². The van der Waals surface area contributed by atoms with Crippen molar-refractivity contribution in [3.05, 3.63) is 57.3 Å². The zero-order chi connectivity index (χ0) is 12.3. The van der Waals surface area contributed by atoms with Crippen molar-refractivity contribution in [3.63, 3.8) is 0 Å². The second kappa shape index (κ2) is 5.58. The molecule has 0 aliphatic rings. The summed E-state index contributed by atoms with van der Waals surface area (Å²) in [4.78, 5) is 3.93. The highest BCUT2D eigenvalue weighted by atomic mass is 35.5. The van der Waals surface area contributed by atoms with Gasteiger partial charge in [0.15, 0.2) is 0 Å². The highest BCUT2D eigenvalue weighted by Crippen LogP contribution is 2.21. The topological polar surface area (TPSA) is 22.1 Å². The van der Waals surface area contributed by atoms with Gasteiger partial charge in [-0.2, -0.15) is 0 Å². The van der Waals surface area contributed by atoms with Crippen LogP contribution >= 0.6 is 34.8 Å². The molecule has 0 aliphatic carbocycles. The van der Waals surface area contributed by atoms with Crippen LogP contribution in [-0.4, -0.2) is 4.98 Å². The quantitative estimate of drug-likeness (QED) is 0.769. The van der Waals surface area contributed by atoms with Crippen LogP contribution in [-0.2, 0) is 6.61 Å². The van der Waals surface area contributed by atoms with Gasteiger partial charge in [0.05, 0.1) is 0 Å². The molecule has 0 saturated carbocycles. The van der Waals surface area contributed by atoms with Gasteiger partial charge in [-0.05, 0) is 30.3 Å². The molecule has 0 N–H and O–H groups in total. The van der Waals surface area contributed by atoms with Gasteiger partial charge in [0, 0.05) is 10.6 Å². The monoisotopic (exact) mass is 287 g/mol. The molecular weight excluding hydrogens is 280 g/mol. The lowest BCUT2D eigenvalue weighted by Crippen LogP contribution is -1.97. The molecule has 88 valence electrons. The predicted octanol–water partition coefficient (Wildman–Crippen LogP) is 4.62. The molecule has 2 nitrogen and oxygen atoms in total. The average molecular weight is 289 g/mol. The standard InChI is InChI=1S/C12H8Cl3NO/c13-9-2-1-3-10(6-9)17-7-8-4-5-11(14)16-12(8)15/h1-6H,7H2. The fraction of sp³-hybridized carbons (Fsp3) is 0.0833. The first-order valence-electron chi connectivity index (χ1n) is 4.84. The molecule has 5 heteroatoms. The van der Waals surface area contributed by atoms with Crippen LogP contribution < -0.4 is 4.74 Å². The van der Waals surface area contributed by atoms with Gasteiger partial charge in [-0.15, -0.1) is 0 Å². The molecule has 0 aliphatic heterocycles. The highest BCUT2D eigenvalue weighted by molar-refractivity contribution is 6.32. The van der Waals surface area contributed by atoms with Gasteiger partial charge in [-0.3, -0.25) is 0 Å². The van der Waals surface area contributed by atoms with Gasteiger partial charge in [0.1, 0.15) is 22.7 Å². The Morgan fingerprint density at radius 2 is 1.88 bits per heavy atom. The van der Waals surface area contributed by atoms with E-state index in [2.05, 4.69) is 4.98 Å². The van der Waals surface area contributed by atoms with Crippen LogP contribution in [0.3, 0.4) is 0 Å². The second-order valence-corrected chi connectivity index (χ2v) is 4.51. The third-order valence-electron chi connectivity index (χ3n) is 2.08. The van der Waals surface area contributed by atoms with Crippen molar-refractivity contribution in [1.29, 1.82) is 0 Å². The molecule has 1 aromatic heterocycles. The minimum atomic E-state index is 0.323. The van der Waals surface area contributed by atoms with Crippen LogP contribution in [0.25, 0.3) is 0 Å². The first-order valence-corrected chi connectivity index (χ1v) is 5.98. The minimum Gasteiger partial charge on any atom is -0.489 e. The number of nitrogens with zero attached hydrogens (tertiary/aromatic N) is 1. The van der Waals surface area contributed by atoms with E-state index in [1.807, 2.05) is 12.1 Å². The van der Waals surface area contributed by atoms with Gasteiger partial charge < -0.3 is 4.74 Å². The van der Waals surface area contributed by atoms with E-state index in [4.69, 9.17) is 39.5 Å². The van der Waals surface area contributed by atoms with Crippen molar-refractivity contribution in [1.82, 2.24) is 4.98 Å². The fourth-order valence-corrected chi connectivity index (χ4v) is 1.85. The summed E-state index contributed by atoms with van der Waals surface area (Å²) in [6.07, 6.45) is 0. The second-order valence-electron chi connectivity index (χ2n) is 3.33. The van der Waals surface area contributed by atoms with Crippen LogP contribution in [0.2, 0.25) is 15.3 Å². The third-order valence-corrected chi connectivity index (χ3v) is 2.86. The molecule has 1 heterocycles. The van der Waals surface area contributed by atoms with Crippen LogP contribution in [0, 0.1) is 0 Å². The van der Waals surface area contributed by atoms with Crippen LogP contribution in [0.15, 0.2) is 36.4 Å². The maximum absolute atomic E-state index is 5.93. The number of halogens is 3. The van der Waals surface area contributed by atoms with E-state index < -0.39 is 0 Å². The molecule has 2 rings (SSSR count). The molecule has 0 atom stereocenters. The molecule has 0 bridgehead atoms. The minimum absolute atomic E-state index is 0.323. The van der Waals surface area contributed by atoms with Crippen molar-refractivity contribution in [2.45, 2.75) is 6.61 Å². The summed E-state index contributed by atoms with van der Waals surface area (Å²) in [6.45, 7) is 0.323. The SMILES string of the molecule is Clc1cccc(OCc2ccc(Cl)nc2Cl)c1. The maximum Gasteiger partial charge on any atom is 0.137 e. The Kier molecular flexibility index (Phi) is 4.11. The lowest BCUT2D eigenvalue weighted by molar-refractivity contribution is 0.306. The third kappa shape index (κ3) is 3.50. The number of aromatic nitrogens is 1. The van der Waals surface area contributed by atoms with E-state index in [1.165, 1.54) is 0 Å². The first kappa shape index (κ1) is 12.5. The van der Waals surface area contributed by atoms with Crippen molar-refractivity contribution >= 4 is 34.8 Å². The number of benzene rings is 1. The largest absolute Gasteiger partial charge is 0.489 e. The van der Waals surface area contributed by atoms with Crippen LogP contribution in [0.5, 0.6) is 5.75 Å². The van der Waals surface area contributed by atoms with E-state index in [1.54, 1.807) is 24.3 Å². The van der Waals surface area contributed by atoms with Crippen LogP contribution in [0.1, 0.15) is 5.56 Å². The molecule has 0 spiro atoms. The summed E-state index contributed by atoms with van der Waals surface area (Å²) >= 11 is 17.5. The van der Waals surface area contributed by atoms with Gasteiger partial charge in [-0.1, -0.05) is 40.9 Å². The first-order chi connectivity index (χ1) is 8.15. The number of pyridine rings is 1. The Morgan fingerprint density at radius 1 is 1.06 bits per heavy atom. The fourth-order valence-electron chi connectivity index (χ4n) is 1.27. The lowest BCUT2D eigenvalue weighted by atomic mass is 10.3. The van der Waals surface area contributed by atoms with Crippen molar-refractivity contribution < 1.29 is 4.74 Å². The van der Waals surface area contributed by atoms with E-state index in [0.717, 1.165) is 5.56 Å². The number of ether oxygens (including phenoxy) is 1. The smallest absolute Gasteiger partial charge is 0.137 e. The van der Waals surface area contributed by atoms with E-state index in [-0.39, 0.29) is 0 Å². The van der Waals surface area contributed by atoms with Crippen LogP contribution in [0.4, 0.5) is 0 Å². The zero-order valence-corrected chi connectivity index (χ0v) is 10.9. The van der Waals surface area contributed by atoms with Gasteiger partial charge in [0.25, 0.3) is 0 Å². The highest BCUT2D eigenvalue weighted by Gasteiger charge is 2.04. The number of hydrogen-bond acceptors (Lipinski definition) is 2. The summed E-state index contributed by atoms with van der Waals surface area (Å²) < 4.78 is 5.54. The zero-order valence-electron chi connectivity index (χ0n) is 8.66. The Morgan fingerprint density at radius 3 is 2.59 bits per heavy atom. The number of hydrogen-bond donors (Lipinski definition) is 0. The molecule has 1 aromatic carbocycles. The average Bonchev–Trinajstić information content (AvgIpc) is 2.28. The van der Waals surface area contributed by atoms with Crippen molar-refractivity contribution in [2.75, 3.05) is 0 Å². The van der Waals surface area contributed by atoms with Gasteiger partial charge in [0.2, 0.25) is 0 Å². The molecule has 0 unspecified atom stereocenters. The molecule has 2 aromatic rings. The van der Waals surface area contributed by atoms with Crippen molar-refractivity contribution in [3.8, 4) is 5.75 Å². The van der Waals surface area contributed by atoms with E-state index in [0.29, 0.717) is 27.7 Å². The Hall–Kier alpha value is -0.960. The lowest BCUT2D eigenvalue weighted by Gasteiger charge is -2.07. The maximum atomic E-state index is 5.93. The molecule has 0 saturated heterocycles. The van der Waals surface area contributed by atoms with Gasteiger partial charge >= 0.3 is 0 Å². The molecule has 0 amide bonds. The summed E-state index contributed by atoms with van der Waals surface area (Å²) in [6, 6.07) is 10.6. The summed E-state index contributed by atoms with van der Waals surface area (Å²) in [5.74, 6) is 0.684. The number of rotatable bonds is 3. The Labute approximate surface area is 114 Å². The molecule has 17 heavy (non-hydrogen) atoms. The summed E-state index contributed by atoms with van der Waals surface area (Å²) in [5, 5.41) is 1.34. The predicted molar refractivity (Wildman–Crippen MR) is 70.0 cm³/mol.